The van der Waals surface area contributed by atoms with Crippen molar-refractivity contribution in [3.05, 3.63) is 57.4 Å². The van der Waals surface area contributed by atoms with E-state index in [1.54, 1.807) is 6.07 Å². The van der Waals surface area contributed by atoms with Gasteiger partial charge in [-0.25, -0.2) is 14.6 Å². The highest BCUT2D eigenvalue weighted by molar-refractivity contribution is 6.31. The number of methoxy groups -OCH3 is 1. The standard InChI is InChI=1S/C19H25ClN2O5/c1-12-14(10-27-25-3)17(13-6-4-5-7-15(13)20)18(19(23)24-2)16(22-12)11-26-9-8-21/h4-7,17,22H,8-11,21H2,1-3H3. The van der Waals surface area contributed by atoms with Crippen LogP contribution in [-0.2, 0) is 24.0 Å². The summed E-state index contributed by atoms with van der Waals surface area (Å²) in [7, 11) is 2.77. The molecule has 0 amide bonds. The largest absolute Gasteiger partial charge is 0.466 e. The van der Waals surface area contributed by atoms with Crippen LogP contribution >= 0.6 is 11.6 Å². The molecule has 8 heteroatoms. The van der Waals surface area contributed by atoms with Crippen molar-refractivity contribution in [2.45, 2.75) is 12.8 Å². The third kappa shape index (κ3) is 5.09. The Morgan fingerprint density at radius 2 is 2.00 bits per heavy atom. The fourth-order valence-electron chi connectivity index (χ4n) is 3.03. The maximum Gasteiger partial charge on any atom is 0.336 e. The lowest BCUT2D eigenvalue weighted by molar-refractivity contribution is -0.265. The molecular weight excluding hydrogens is 372 g/mol. The summed E-state index contributed by atoms with van der Waals surface area (Å²) >= 11 is 6.45. The van der Waals surface area contributed by atoms with Gasteiger partial charge in [0, 0.05) is 23.2 Å². The number of halogens is 1. The zero-order chi connectivity index (χ0) is 19.8. The molecule has 1 unspecified atom stereocenters. The highest BCUT2D eigenvalue weighted by atomic mass is 35.5. The molecule has 0 aromatic heterocycles. The highest BCUT2D eigenvalue weighted by Crippen LogP contribution is 2.41. The van der Waals surface area contributed by atoms with Crippen molar-refractivity contribution in [2.75, 3.05) is 40.6 Å². The van der Waals surface area contributed by atoms with E-state index in [-0.39, 0.29) is 13.2 Å². The topological polar surface area (TPSA) is 92.0 Å². The number of allylic oxidation sites excluding steroid dienone is 1. The van der Waals surface area contributed by atoms with Crippen LogP contribution in [0, 0.1) is 0 Å². The number of hydrogen-bond donors (Lipinski definition) is 2. The minimum Gasteiger partial charge on any atom is -0.466 e. The van der Waals surface area contributed by atoms with E-state index in [2.05, 4.69) is 5.32 Å². The van der Waals surface area contributed by atoms with Gasteiger partial charge in [0.1, 0.15) is 6.61 Å². The second-order valence-corrected chi connectivity index (χ2v) is 6.29. The molecule has 0 fully saturated rings. The first-order valence-corrected chi connectivity index (χ1v) is 8.88. The monoisotopic (exact) mass is 396 g/mol. The molecule has 2 rings (SSSR count). The normalized spacial score (nSPS) is 17.1. The molecule has 1 aliphatic rings. The van der Waals surface area contributed by atoms with E-state index < -0.39 is 11.9 Å². The van der Waals surface area contributed by atoms with Gasteiger partial charge in [-0.2, -0.15) is 0 Å². The summed E-state index contributed by atoms with van der Waals surface area (Å²) in [6.45, 7) is 3.01. The maximum absolute atomic E-state index is 12.7. The minimum absolute atomic E-state index is 0.155. The first kappa shape index (κ1) is 21.4. The molecule has 7 nitrogen and oxygen atoms in total. The fourth-order valence-corrected chi connectivity index (χ4v) is 3.27. The predicted molar refractivity (Wildman–Crippen MR) is 102 cm³/mol. The third-order valence-electron chi connectivity index (χ3n) is 4.24. The van der Waals surface area contributed by atoms with Crippen LogP contribution in [0.4, 0.5) is 0 Å². The van der Waals surface area contributed by atoms with Gasteiger partial charge in [-0.05, 0) is 24.1 Å². The van der Waals surface area contributed by atoms with Crippen LogP contribution in [0.3, 0.4) is 0 Å². The van der Waals surface area contributed by atoms with E-state index in [0.717, 1.165) is 16.8 Å². The molecule has 1 heterocycles. The number of rotatable bonds is 9. The summed E-state index contributed by atoms with van der Waals surface area (Å²) in [6, 6.07) is 7.36. The average Bonchev–Trinajstić information content (AvgIpc) is 2.67. The number of carbonyl (C=O) groups excluding carboxylic acids is 1. The van der Waals surface area contributed by atoms with Gasteiger partial charge in [0.15, 0.2) is 0 Å². The lowest BCUT2D eigenvalue weighted by atomic mass is 9.80. The first-order chi connectivity index (χ1) is 13.0. The van der Waals surface area contributed by atoms with Crippen LogP contribution in [0.2, 0.25) is 5.02 Å². The van der Waals surface area contributed by atoms with E-state index >= 15 is 0 Å². The van der Waals surface area contributed by atoms with Gasteiger partial charge in [0.25, 0.3) is 0 Å². The molecular formula is C19H25ClN2O5. The van der Waals surface area contributed by atoms with Gasteiger partial charge in [0.05, 0.1) is 38.7 Å². The lowest BCUT2D eigenvalue weighted by Crippen LogP contribution is -2.33. The Bertz CT molecular complexity index is 733. The SMILES string of the molecule is COOCC1=C(C)NC(COCCN)=C(C(=O)OC)C1c1ccccc1Cl. The van der Waals surface area contributed by atoms with Crippen LogP contribution in [0.1, 0.15) is 18.4 Å². The Morgan fingerprint density at radius 3 is 2.63 bits per heavy atom. The molecule has 1 aromatic carbocycles. The number of hydrogen-bond acceptors (Lipinski definition) is 7. The Balaban J connectivity index is 2.58. The van der Waals surface area contributed by atoms with Gasteiger partial charge in [0.2, 0.25) is 0 Å². The molecule has 1 atom stereocenters. The van der Waals surface area contributed by atoms with Crippen molar-refractivity contribution >= 4 is 17.6 Å². The fraction of sp³-hybridized carbons (Fsp3) is 0.421. The number of esters is 1. The molecule has 3 N–H and O–H groups in total. The zero-order valence-electron chi connectivity index (χ0n) is 15.7. The number of nitrogens with one attached hydrogen (secondary N) is 1. The van der Waals surface area contributed by atoms with E-state index in [4.69, 9.17) is 36.6 Å². The number of ether oxygens (including phenoxy) is 2. The Kier molecular flexibility index (Phi) is 8.27. The van der Waals surface area contributed by atoms with E-state index in [9.17, 15) is 4.79 Å². The summed E-state index contributed by atoms with van der Waals surface area (Å²) in [5.74, 6) is -0.930. The van der Waals surface area contributed by atoms with Crippen LogP contribution in [0.5, 0.6) is 0 Å². The van der Waals surface area contributed by atoms with Gasteiger partial charge in [-0.3, -0.25) is 0 Å². The first-order valence-electron chi connectivity index (χ1n) is 8.51. The Labute approximate surface area is 164 Å². The highest BCUT2D eigenvalue weighted by Gasteiger charge is 2.36. The minimum atomic E-state index is -0.471. The predicted octanol–water partition coefficient (Wildman–Crippen LogP) is 2.28. The van der Waals surface area contributed by atoms with Crippen molar-refractivity contribution in [2.24, 2.45) is 5.73 Å². The molecule has 148 valence electrons. The van der Waals surface area contributed by atoms with Gasteiger partial charge >= 0.3 is 5.97 Å². The summed E-state index contributed by atoms with van der Waals surface area (Å²) < 4.78 is 10.6. The molecule has 0 bridgehead atoms. The number of dihydropyridines is 1. The molecule has 0 aliphatic carbocycles. The van der Waals surface area contributed by atoms with Crippen LogP contribution in [0.25, 0.3) is 0 Å². The molecule has 0 spiro atoms. The lowest BCUT2D eigenvalue weighted by Gasteiger charge is -2.32. The second kappa shape index (κ2) is 10.4. The molecule has 0 saturated carbocycles. The van der Waals surface area contributed by atoms with E-state index in [1.807, 2.05) is 25.1 Å². The van der Waals surface area contributed by atoms with Crippen molar-refractivity contribution in [3.63, 3.8) is 0 Å². The number of carbonyl (C=O) groups is 1. The molecule has 1 aliphatic heterocycles. The maximum atomic E-state index is 12.7. The van der Waals surface area contributed by atoms with Gasteiger partial charge in [-0.1, -0.05) is 29.8 Å². The van der Waals surface area contributed by atoms with Gasteiger partial charge in [-0.15, -0.1) is 0 Å². The van der Waals surface area contributed by atoms with E-state index in [0.29, 0.717) is 29.4 Å². The van der Waals surface area contributed by atoms with Crippen molar-refractivity contribution in [3.8, 4) is 0 Å². The Morgan fingerprint density at radius 1 is 1.26 bits per heavy atom. The third-order valence-corrected chi connectivity index (χ3v) is 4.59. The smallest absolute Gasteiger partial charge is 0.336 e. The Hall–Kier alpha value is -1.90. The summed E-state index contributed by atoms with van der Waals surface area (Å²) in [6.07, 6.45) is 0. The quantitative estimate of drug-likeness (QED) is 0.286. The summed E-state index contributed by atoms with van der Waals surface area (Å²) in [5, 5.41) is 3.77. The number of nitrogens with two attached hydrogens (primary N) is 1. The van der Waals surface area contributed by atoms with Crippen molar-refractivity contribution < 1.29 is 24.0 Å². The average molecular weight is 397 g/mol. The van der Waals surface area contributed by atoms with Crippen LogP contribution in [-0.4, -0.2) is 46.6 Å². The zero-order valence-corrected chi connectivity index (χ0v) is 16.5. The van der Waals surface area contributed by atoms with Crippen LogP contribution < -0.4 is 11.1 Å². The van der Waals surface area contributed by atoms with Gasteiger partial charge < -0.3 is 20.5 Å². The number of benzene rings is 1. The van der Waals surface area contributed by atoms with Crippen molar-refractivity contribution in [1.29, 1.82) is 0 Å². The van der Waals surface area contributed by atoms with Crippen molar-refractivity contribution in [1.82, 2.24) is 5.32 Å². The molecule has 1 aromatic rings. The second-order valence-electron chi connectivity index (χ2n) is 5.88. The molecule has 27 heavy (non-hydrogen) atoms. The molecule has 0 radical (unpaired) electrons. The van der Waals surface area contributed by atoms with E-state index in [1.165, 1.54) is 14.2 Å². The molecule has 0 saturated heterocycles. The van der Waals surface area contributed by atoms with Crippen LogP contribution in [0.15, 0.2) is 46.8 Å². The summed E-state index contributed by atoms with van der Waals surface area (Å²) in [5.41, 5.74) is 8.94. The summed E-state index contributed by atoms with van der Waals surface area (Å²) in [4.78, 5) is 22.6.